The van der Waals surface area contributed by atoms with E-state index in [4.69, 9.17) is 4.74 Å². The van der Waals surface area contributed by atoms with Crippen molar-refractivity contribution in [2.24, 2.45) is 5.92 Å². The van der Waals surface area contributed by atoms with Gasteiger partial charge < -0.3 is 9.84 Å². The van der Waals surface area contributed by atoms with Crippen LogP contribution in [-0.4, -0.2) is 24.4 Å². The van der Waals surface area contributed by atoms with Gasteiger partial charge in [0.05, 0.1) is 12.2 Å². The molecule has 1 aliphatic carbocycles. The molecule has 0 saturated heterocycles. The summed E-state index contributed by atoms with van der Waals surface area (Å²) in [6, 6.07) is 8.58. The van der Waals surface area contributed by atoms with E-state index in [9.17, 15) is 5.11 Å². The fraction of sp³-hybridized carbons (Fsp3) is 0.667. The molecule has 0 aliphatic heterocycles. The van der Waals surface area contributed by atoms with Crippen LogP contribution < -0.4 is 0 Å². The average molecular weight is 276 g/mol. The van der Waals surface area contributed by atoms with Gasteiger partial charge in [-0.2, -0.15) is 0 Å². The second kappa shape index (κ2) is 7.80. The number of methoxy groups -OCH3 is 1. The molecular formula is C18H28O2. The molecule has 1 fully saturated rings. The largest absolute Gasteiger partial charge is 0.390 e. The quantitative estimate of drug-likeness (QED) is 0.857. The van der Waals surface area contributed by atoms with E-state index in [1.807, 2.05) is 0 Å². The molecule has 1 N–H and O–H groups in total. The molecule has 2 atom stereocenters. The van der Waals surface area contributed by atoms with Gasteiger partial charge in [-0.25, -0.2) is 0 Å². The highest BCUT2D eigenvalue weighted by Crippen LogP contribution is 2.30. The van der Waals surface area contributed by atoms with Gasteiger partial charge in [0.1, 0.15) is 0 Å². The van der Waals surface area contributed by atoms with E-state index in [2.05, 4.69) is 31.2 Å². The number of aliphatic hydroxyl groups is 1. The highest BCUT2D eigenvalue weighted by Gasteiger charge is 2.29. The molecule has 1 aromatic rings. The zero-order valence-electron chi connectivity index (χ0n) is 12.8. The van der Waals surface area contributed by atoms with Crippen LogP contribution in [-0.2, 0) is 17.6 Å². The van der Waals surface area contributed by atoms with Crippen molar-refractivity contribution >= 4 is 0 Å². The summed E-state index contributed by atoms with van der Waals surface area (Å²) in [4.78, 5) is 0. The Labute approximate surface area is 123 Å². The first-order valence-corrected chi connectivity index (χ1v) is 8.03. The molecule has 0 radical (unpaired) electrons. The molecule has 2 nitrogen and oxygen atoms in total. The second-order valence-electron chi connectivity index (χ2n) is 6.04. The first-order chi connectivity index (χ1) is 9.74. The number of hydrogen-bond acceptors (Lipinski definition) is 2. The topological polar surface area (TPSA) is 29.5 Å². The van der Waals surface area contributed by atoms with Gasteiger partial charge >= 0.3 is 0 Å². The zero-order valence-corrected chi connectivity index (χ0v) is 12.8. The summed E-state index contributed by atoms with van der Waals surface area (Å²) in [5.74, 6) is 0.527. The highest BCUT2D eigenvalue weighted by molar-refractivity contribution is 5.23. The third-order valence-corrected chi connectivity index (χ3v) is 4.64. The van der Waals surface area contributed by atoms with Crippen molar-refractivity contribution in [3.63, 3.8) is 0 Å². The molecule has 0 spiro atoms. The minimum absolute atomic E-state index is 0.0128. The van der Waals surface area contributed by atoms with Crippen LogP contribution >= 0.6 is 0 Å². The number of hydrogen-bond donors (Lipinski definition) is 1. The molecule has 0 amide bonds. The van der Waals surface area contributed by atoms with E-state index in [1.165, 1.54) is 43.2 Å². The van der Waals surface area contributed by atoms with Gasteiger partial charge in [-0.05, 0) is 36.3 Å². The molecule has 0 aromatic heterocycles. The number of aryl methyl sites for hydroxylation is 1. The van der Waals surface area contributed by atoms with Gasteiger partial charge in [-0.1, -0.05) is 50.5 Å². The minimum atomic E-state index is -0.393. The summed E-state index contributed by atoms with van der Waals surface area (Å²) < 4.78 is 5.62. The van der Waals surface area contributed by atoms with Gasteiger partial charge in [-0.15, -0.1) is 0 Å². The maximum atomic E-state index is 10.5. The molecule has 0 bridgehead atoms. The summed E-state index contributed by atoms with van der Waals surface area (Å²) in [7, 11) is 1.74. The van der Waals surface area contributed by atoms with Crippen molar-refractivity contribution in [2.45, 2.75) is 64.1 Å². The molecule has 1 aliphatic rings. The van der Waals surface area contributed by atoms with Crippen molar-refractivity contribution in [3.8, 4) is 0 Å². The van der Waals surface area contributed by atoms with Crippen molar-refractivity contribution < 1.29 is 9.84 Å². The lowest BCUT2D eigenvalue weighted by Crippen LogP contribution is -2.37. The predicted octanol–water partition coefficient (Wildman–Crippen LogP) is 3.75. The lowest BCUT2D eigenvalue weighted by molar-refractivity contribution is -0.0535. The van der Waals surface area contributed by atoms with E-state index >= 15 is 0 Å². The first-order valence-electron chi connectivity index (χ1n) is 8.03. The van der Waals surface area contributed by atoms with Gasteiger partial charge in [-0.3, -0.25) is 0 Å². The third-order valence-electron chi connectivity index (χ3n) is 4.64. The Morgan fingerprint density at radius 1 is 1.10 bits per heavy atom. The standard InChI is InChI=1S/C18H28O2/c1-3-14-9-11-15(12-10-14)13-17(19)18(20-2)16-7-5-4-6-8-16/h9-12,16-19H,3-8,13H2,1-2H3. The Kier molecular flexibility index (Phi) is 6.06. The van der Waals surface area contributed by atoms with Crippen molar-refractivity contribution in [3.05, 3.63) is 35.4 Å². The molecule has 112 valence electrons. The molecule has 2 unspecified atom stereocenters. The van der Waals surface area contributed by atoms with Crippen molar-refractivity contribution in [1.82, 2.24) is 0 Å². The van der Waals surface area contributed by atoms with E-state index in [0.717, 1.165) is 6.42 Å². The number of ether oxygens (including phenoxy) is 1. The van der Waals surface area contributed by atoms with Crippen LogP contribution in [0.25, 0.3) is 0 Å². The monoisotopic (exact) mass is 276 g/mol. The van der Waals surface area contributed by atoms with Crippen LogP contribution in [0.3, 0.4) is 0 Å². The lowest BCUT2D eigenvalue weighted by Gasteiger charge is -2.32. The zero-order chi connectivity index (χ0) is 14.4. The molecule has 1 saturated carbocycles. The Balaban J connectivity index is 1.95. The molecule has 0 heterocycles. The summed E-state index contributed by atoms with van der Waals surface area (Å²) >= 11 is 0. The smallest absolute Gasteiger partial charge is 0.0861 e. The van der Waals surface area contributed by atoms with Crippen LogP contribution in [0.5, 0.6) is 0 Å². The van der Waals surface area contributed by atoms with Crippen molar-refractivity contribution in [1.29, 1.82) is 0 Å². The van der Waals surface area contributed by atoms with Gasteiger partial charge in [0.25, 0.3) is 0 Å². The Morgan fingerprint density at radius 2 is 1.70 bits per heavy atom. The Hall–Kier alpha value is -0.860. The summed E-state index contributed by atoms with van der Waals surface area (Å²) in [5.41, 5.74) is 2.55. The molecule has 20 heavy (non-hydrogen) atoms. The van der Waals surface area contributed by atoms with Gasteiger partial charge in [0, 0.05) is 13.5 Å². The van der Waals surface area contributed by atoms with E-state index in [0.29, 0.717) is 12.3 Å². The molecule has 2 heteroatoms. The number of aliphatic hydroxyl groups excluding tert-OH is 1. The number of benzene rings is 1. The van der Waals surface area contributed by atoms with Crippen LogP contribution in [0.2, 0.25) is 0 Å². The number of rotatable bonds is 6. The molecule has 1 aromatic carbocycles. The highest BCUT2D eigenvalue weighted by atomic mass is 16.5. The maximum absolute atomic E-state index is 10.5. The first kappa shape index (κ1) is 15.5. The van der Waals surface area contributed by atoms with Crippen LogP contribution in [0.4, 0.5) is 0 Å². The van der Waals surface area contributed by atoms with Crippen LogP contribution in [0.1, 0.15) is 50.2 Å². The van der Waals surface area contributed by atoms with Crippen LogP contribution in [0.15, 0.2) is 24.3 Å². The third kappa shape index (κ3) is 4.07. The average Bonchev–Trinajstić information content (AvgIpc) is 2.50. The summed E-state index contributed by atoms with van der Waals surface area (Å²) in [6.07, 6.45) is 7.64. The SMILES string of the molecule is CCc1ccc(CC(O)C(OC)C2CCCCC2)cc1. The van der Waals surface area contributed by atoms with Gasteiger partial charge in [0.15, 0.2) is 0 Å². The van der Waals surface area contributed by atoms with E-state index < -0.39 is 6.10 Å². The predicted molar refractivity (Wildman–Crippen MR) is 82.9 cm³/mol. The van der Waals surface area contributed by atoms with E-state index in [-0.39, 0.29) is 6.10 Å². The van der Waals surface area contributed by atoms with E-state index in [1.54, 1.807) is 7.11 Å². The lowest BCUT2D eigenvalue weighted by atomic mass is 9.82. The summed E-state index contributed by atoms with van der Waals surface area (Å²) in [5, 5.41) is 10.5. The second-order valence-corrected chi connectivity index (χ2v) is 6.04. The maximum Gasteiger partial charge on any atom is 0.0861 e. The molecular weight excluding hydrogens is 248 g/mol. The summed E-state index contributed by atoms with van der Waals surface area (Å²) in [6.45, 7) is 2.16. The normalized spacial score (nSPS) is 19.8. The Morgan fingerprint density at radius 3 is 2.25 bits per heavy atom. The molecule has 2 rings (SSSR count). The minimum Gasteiger partial charge on any atom is -0.390 e. The fourth-order valence-corrected chi connectivity index (χ4v) is 3.40. The Bertz CT molecular complexity index is 379. The van der Waals surface area contributed by atoms with Gasteiger partial charge in [0.2, 0.25) is 0 Å². The van der Waals surface area contributed by atoms with Crippen molar-refractivity contribution in [2.75, 3.05) is 7.11 Å². The fourth-order valence-electron chi connectivity index (χ4n) is 3.40. The van der Waals surface area contributed by atoms with Crippen LogP contribution in [0, 0.1) is 5.92 Å².